The Balaban J connectivity index is 1.71. The van der Waals surface area contributed by atoms with Gasteiger partial charge in [0.15, 0.2) is 0 Å². The van der Waals surface area contributed by atoms with Gasteiger partial charge in [0.05, 0.1) is 5.69 Å². The van der Waals surface area contributed by atoms with Crippen LogP contribution in [0, 0.1) is 0 Å². The molecule has 0 saturated heterocycles. The van der Waals surface area contributed by atoms with Gasteiger partial charge in [-0.15, -0.1) is 0 Å². The number of thioether (sulfide) groups is 1. The second-order valence-electron chi connectivity index (χ2n) is 5.59. The summed E-state index contributed by atoms with van der Waals surface area (Å²) in [6.07, 6.45) is 2.63. The minimum atomic E-state index is -0.00987. The number of fused-ring (bicyclic) bond motifs is 1. The Labute approximate surface area is 151 Å². The molecular formula is C18H14BrN3OS. The zero-order valence-corrected chi connectivity index (χ0v) is 15.2. The number of aromatic amines is 1. The van der Waals surface area contributed by atoms with Gasteiger partial charge < -0.3 is 4.98 Å². The Bertz CT molecular complexity index is 953. The predicted octanol–water partition coefficient (Wildman–Crippen LogP) is 4.05. The van der Waals surface area contributed by atoms with Crippen molar-refractivity contribution in [2.24, 2.45) is 0 Å². The van der Waals surface area contributed by atoms with Crippen LogP contribution in [0.1, 0.15) is 11.3 Å². The summed E-state index contributed by atoms with van der Waals surface area (Å²) in [6, 6.07) is 12.0. The summed E-state index contributed by atoms with van der Waals surface area (Å²) >= 11 is 5.18. The number of pyridine rings is 1. The number of halogens is 1. The van der Waals surface area contributed by atoms with Crippen molar-refractivity contribution >= 4 is 27.7 Å². The van der Waals surface area contributed by atoms with E-state index in [2.05, 4.69) is 30.9 Å². The fraction of sp³-hybridized carbons (Fsp3) is 0.167. The van der Waals surface area contributed by atoms with Crippen molar-refractivity contribution < 1.29 is 0 Å². The average Bonchev–Trinajstić information content (AvgIpc) is 2.62. The lowest BCUT2D eigenvalue weighted by Crippen LogP contribution is -2.21. The van der Waals surface area contributed by atoms with Crippen LogP contribution in [-0.2, 0) is 12.2 Å². The highest BCUT2D eigenvalue weighted by Crippen LogP contribution is 2.26. The van der Waals surface area contributed by atoms with E-state index >= 15 is 0 Å². The fourth-order valence-electron chi connectivity index (χ4n) is 2.78. The summed E-state index contributed by atoms with van der Waals surface area (Å²) in [4.78, 5) is 24.0. The molecule has 0 atom stereocenters. The van der Waals surface area contributed by atoms with Gasteiger partial charge in [0, 0.05) is 23.1 Å². The highest BCUT2D eigenvalue weighted by molar-refractivity contribution is 9.10. The molecule has 2 aromatic heterocycles. The number of aryl methyl sites for hydroxylation is 1. The molecule has 6 heteroatoms. The van der Waals surface area contributed by atoms with Crippen LogP contribution >= 0.6 is 27.7 Å². The Morgan fingerprint density at radius 2 is 1.88 bits per heavy atom. The van der Waals surface area contributed by atoms with E-state index in [1.165, 1.54) is 0 Å². The van der Waals surface area contributed by atoms with Gasteiger partial charge in [0.1, 0.15) is 10.4 Å². The van der Waals surface area contributed by atoms with E-state index in [4.69, 9.17) is 0 Å². The summed E-state index contributed by atoms with van der Waals surface area (Å²) in [6.45, 7) is 0. The largest absolute Gasteiger partial charge is 0.306 e. The minimum Gasteiger partial charge on any atom is -0.306 e. The number of rotatable bonds is 2. The van der Waals surface area contributed by atoms with E-state index < -0.39 is 0 Å². The van der Waals surface area contributed by atoms with Crippen LogP contribution in [0.4, 0.5) is 0 Å². The minimum absolute atomic E-state index is 0.00987. The van der Waals surface area contributed by atoms with Crippen LogP contribution in [0.3, 0.4) is 0 Å². The lowest BCUT2D eigenvalue weighted by molar-refractivity contribution is 0.938. The molecule has 0 radical (unpaired) electrons. The normalized spacial score (nSPS) is 13.5. The van der Waals surface area contributed by atoms with Gasteiger partial charge in [0.25, 0.3) is 5.56 Å². The summed E-state index contributed by atoms with van der Waals surface area (Å²) in [5.74, 6) is 2.43. The van der Waals surface area contributed by atoms with Crippen molar-refractivity contribution in [3.63, 3.8) is 0 Å². The molecule has 0 saturated carbocycles. The molecule has 0 amide bonds. The molecule has 0 bridgehead atoms. The first-order chi connectivity index (χ1) is 11.7. The third-order valence-electron chi connectivity index (χ3n) is 4.05. The van der Waals surface area contributed by atoms with E-state index in [0.29, 0.717) is 5.82 Å². The molecule has 3 aromatic rings. The van der Waals surface area contributed by atoms with E-state index in [1.54, 1.807) is 18.0 Å². The molecule has 0 aliphatic carbocycles. The number of benzene rings is 1. The first-order valence-electron chi connectivity index (χ1n) is 7.63. The molecule has 0 unspecified atom stereocenters. The van der Waals surface area contributed by atoms with E-state index in [0.717, 1.165) is 50.5 Å². The van der Waals surface area contributed by atoms with Gasteiger partial charge in [-0.3, -0.25) is 4.79 Å². The second-order valence-corrected chi connectivity index (χ2v) is 7.50. The number of aromatic nitrogens is 3. The van der Waals surface area contributed by atoms with Crippen LogP contribution in [0.5, 0.6) is 0 Å². The maximum Gasteiger partial charge on any atom is 0.255 e. The maximum absolute atomic E-state index is 12.3. The van der Waals surface area contributed by atoms with Crippen molar-refractivity contribution in [2.45, 2.75) is 12.2 Å². The van der Waals surface area contributed by atoms with Gasteiger partial charge in [-0.1, -0.05) is 24.3 Å². The molecule has 24 heavy (non-hydrogen) atoms. The van der Waals surface area contributed by atoms with Crippen molar-refractivity contribution in [2.75, 3.05) is 5.75 Å². The molecule has 1 aromatic carbocycles. The molecule has 1 aliphatic rings. The summed E-state index contributed by atoms with van der Waals surface area (Å²) in [5, 5.41) is 0. The third-order valence-corrected chi connectivity index (χ3v) is 5.47. The summed E-state index contributed by atoms with van der Waals surface area (Å²) in [5.41, 5.74) is 4.86. The molecule has 0 fully saturated rings. The highest BCUT2D eigenvalue weighted by Gasteiger charge is 2.16. The van der Waals surface area contributed by atoms with Crippen molar-refractivity contribution in [3.8, 4) is 22.5 Å². The smallest absolute Gasteiger partial charge is 0.255 e. The molecule has 3 heterocycles. The van der Waals surface area contributed by atoms with Crippen LogP contribution in [-0.4, -0.2) is 20.7 Å². The monoisotopic (exact) mass is 399 g/mol. The van der Waals surface area contributed by atoms with Gasteiger partial charge >= 0.3 is 0 Å². The maximum atomic E-state index is 12.3. The van der Waals surface area contributed by atoms with Gasteiger partial charge in [0.2, 0.25) is 0 Å². The lowest BCUT2D eigenvalue weighted by atomic mass is 10.0. The van der Waals surface area contributed by atoms with Crippen molar-refractivity contribution in [1.29, 1.82) is 0 Å². The SMILES string of the molecule is O=c1[nH]c(-c2ccc(-c3ccnc(Br)c3)cc2)nc2c1CSCC2. The van der Waals surface area contributed by atoms with Crippen LogP contribution in [0.25, 0.3) is 22.5 Å². The number of hydrogen-bond acceptors (Lipinski definition) is 4. The first kappa shape index (κ1) is 15.6. The summed E-state index contributed by atoms with van der Waals surface area (Å²) in [7, 11) is 0. The quantitative estimate of drug-likeness (QED) is 0.660. The van der Waals surface area contributed by atoms with Crippen molar-refractivity contribution in [1.82, 2.24) is 15.0 Å². The van der Waals surface area contributed by atoms with Crippen molar-refractivity contribution in [3.05, 3.63) is 68.8 Å². The number of H-pyrrole nitrogens is 1. The Morgan fingerprint density at radius 3 is 2.67 bits per heavy atom. The van der Waals surface area contributed by atoms with Gasteiger partial charge in [-0.2, -0.15) is 11.8 Å². The van der Waals surface area contributed by atoms with Crippen LogP contribution in [0.2, 0.25) is 0 Å². The molecule has 120 valence electrons. The molecular weight excluding hydrogens is 386 g/mol. The zero-order chi connectivity index (χ0) is 16.5. The average molecular weight is 400 g/mol. The highest BCUT2D eigenvalue weighted by atomic mass is 79.9. The van der Waals surface area contributed by atoms with E-state index in [-0.39, 0.29) is 5.56 Å². The molecule has 0 spiro atoms. The predicted molar refractivity (Wildman–Crippen MR) is 101 cm³/mol. The zero-order valence-electron chi connectivity index (χ0n) is 12.8. The topological polar surface area (TPSA) is 58.6 Å². The standard InChI is InChI=1S/C18H14BrN3OS/c19-16-9-13(5-7-20-16)11-1-3-12(4-2-11)17-21-15-6-8-24-10-14(15)18(23)22-17/h1-5,7,9H,6,8,10H2,(H,21,22,23). The fourth-order valence-corrected chi connectivity index (χ4v) is 4.13. The lowest BCUT2D eigenvalue weighted by Gasteiger charge is -2.14. The Morgan fingerprint density at radius 1 is 1.08 bits per heavy atom. The third kappa shape index (κ3) is 3.03. The molecule has 1 N–H and O–H groups in total. The van der Waals surface area contributed by atoms with E-state index in [1.807, 2.05) is 36.4 Å². The summed E-state index contributed by atoms with van der Waals surface area (Å²) < 4.78 is 0.808. The number of nitrogens with zero attached hydrogens (tertiary/aromatic N) is 2. The van der Waals surface area contributed by atoms with Crippen LogP contribution in [0.15, 0.2) is 52.0 Å². The Hall–Kier alpha value is -1.92. The molecule has 4 nitrogen and oxygen atoms in total. The Kier molecular flexibility index (Phi) is 4.24. The van der Waals surface area contributed by atoms with Gasteiger partial charge in [-0.05, 0) is 51.4 Å². The molecule has 1 aliphatic heterocycles. The molecule has 4 rings (SSSR count). The van der Waals surface area contributed by atoms with Gasteiger partial charge in [-0.25, -0.2) is 9.97 Å². The number of hydrogen-bond donors (Lipinski definition) is 1. The van der Waals surface area contributed by atoms with E-state index in [9.17, 15) is 4.79 Å². The van der Waals surface area contributed by atoms with Crippen LogP contribution < -0.4 is 5.56 Å². The first-order valence-corrected chi connectivity index (χ1v) is 9.58. The second kappa shape index (κ2) is 6.53. The number of nitrogens with one attached hydrogen (secondary N) is 1.